The van der Waals surface area contributed by atoms with Gasteiger partial charge in [-0.1, -0.05) is 13.8 Å². The Kier molecular flexibility index (Phi) is 3.40. The minimum Gasteiger partial charge on any atom is -0.337 e. The van der Waals surface area contributed by atoms with E-state index in [9.17, 15) is 9.59 Å². The number of rotatable bonds is 2. The summed E-state index contributed by atoms with van der Waals surface area (Å²) in [4.78, 5) is 25.6. The first-order valence-corrected chi connectivity index (χ1v) is 6.69. The average Bonchev–Trinajstić information content (AvgIpc) is 2.33. The molecule has 1 aliphatic carbocycles. The van der Waals surface area contributed by atoms with Gasteiger partial charge in [0.2, 0.25) is 5.91 Å². The van der Waals surface area contributed by atoms with Crippen molar-refractivity contribution >= 4 is 11.9 Å². The maximum absolute atomic E-state index is 12.5. The summed E-state index contributed by atoms with van der Waals surface area (Å²) in [6.45, 7) is 5.31. The van der Waals surface area contributed by atoms with Gasteiger partial charge in [-0.25, -0.2) is 4.79 Å². The van der Waals surface area contributed by atoms with Crippen LogP contribution in [0.15, 0.2) is 0 Å². The topological polar surface area (TPSA) is 49.4 Å². The molecule has 17 heavy (non-hydrogen) atoms. The van der Waals surface area contributed by atoms with E-state index in [0.717, 1.165) is 32.1 Å². The highest BCUT2D eigenvalue weighted by Gasteiger charge is 2.47. The SMILES string of the molecule is CCCN1C(=O)NCC2(CCC(C)CC2)C1=O. The van der Waals surface area contributed by atoms with Crippen molar-refractivity contribution in [2.45, 2.75) is 46.0 Å². The van der Waals surface area contributed by atoms with Crippen LogP contribution in [-0.4, -0.2) is 29.9 Å². The third kappa shape index (κ3) is 2.17. The quantitative estimate of drug-likeness (QED) is 0.801. The summed E-state index contributed by atoms with van der Waals surface area (Å²) in [6, 6.07) is -0.207. The summed E-state index contributed by atoms with van der Waals surface area (Å²) in [5.41, 5.74) is -0.296. The second-order valence-electron chi connectivity index (χ2n) is 5.58. The summed E-state index contributed by atoms with van der Waals surface area (Å²) in [7, 11) is 0. The monoisotopic (exact) mass is 238 g/mol. The average molecular weight is 238 g/mol. The molecule has 0 radical (unpaired) electrons. The molecule has 4 nitrogen and oxygen atoms in total. The van der Waals surface area contributed by atoms with E-state index in [-0.39, 0.29) is 17.4 Å². The van der Waals surface area contributed by atoms with E-state index >= 15 is 0 Å². The molecule has 2 aliphatic rings. The summed E-state index contributed by atoms with van der Waals surface area (Å²) < 4.78 is 0. The van der Waals surface area contributed by atoms with Crippen molar-refractivity contribution in [3.05, 3.63) is 0 Å². The summed E-state index contributed by atoms with van der Waals surface area (Å²) >= 11 is 0. The number of urea groups is 1. The second-order valence-corrected chi connectivity index (χ2v) is 5.58. The van der Waals surface area contributed by atoms with Crippen molar-refractivity contribution in [1.29, 1.82) is 0 Å². The molecule has 0 unspecified atom stereocenters. The van der Waals surface area contributed by atoms with Gasteiger partial charge in [-0.15, -0.1) is 0 Å². The highest BCUT2D eigenvalue weighted by Crippen LogP contribution is 2.41. The predicted octanol–water partition coefficient (Wildman–Crippen LogP) is 2.14. The zero-order valence-electron chi connectivity index (χ0n) is 10.8. The fourth-order valence-electron chi connectivity index (χ4n) is 2.93. The first-order chi connectivity index (χ1) is 8.09. The molecule has 96 valence electrons. The highest BCUT2D eigenvalue weighted by atomic mass is 16.2. The van der Waals surface area contributed by atoms with Crippen LogP contribution in [0, 0.1) is 11.3 Å². The predicted molar refractivity (Wildman–Crippen MR) is 65.5 cm³/mol. The van der Waals surface area contributed by atoms with Crippen molar-refractivity contribution in [3.63, 3.8) is 0 Å². The fraction of sp³-hybridized carbons (Fsp3) is 0.846. The number of carbonyl (C=O) groups is 2. The molecule has 1 aliphatic heterocycles. The minimum atomic E-state index is -0.296. The lowest BCUT2D eigenvalue weighted by Gasteiger charge is -2.44. The van der Waals surface area contributed by atoms with Gasteiger partial charge in [-0.05, 0) is 38.0 Å². The molecule has 0 aromatic rings. The van der Waals surface area contributed by atoms with Gasteiger partial charge in [0.05, 0.1) is 5.41 Å². The van der Waals surface area contributed by atoms with Gasteiger partial charge in [-0.2, -0.15) is 0 Å². The largest absolute Gasteiger partial charge is 0.337 e. The Labute approximate surface area is 103 Å². The Morgan fingerprint density at radius 2 is 2.00 bits per heavy atom. The molecule has 0 bridgehead atoms. The van der Waals surface area contributed by atoms with Gasteiger partial charge in [-0.3, -0.25) is 9.69 Å². The zero-order chi connectivity index (χ0) is 12.5. The maximum Gasteiger partial charge on any atom is 0.324 e. The number of amides is 3. The van der Waals surface area contributed by atoms with Gasteiger partial charge in [0, 0.05) is 13.1 Å². The van der Waals surface area contributed by atoms with Crippen molar-refractivity contribution in [2.75, 3.05) is 13.1 Å². The molecule has 1 heterocycles. The molecule has 0 atom stereocenters. The van der Waals surface area contributed by atoms with E-state index in [2.05, 4.69) is 12.2 Å². The lowest BCUT2D eigenvalue weighted by Crippen LogP contribution is -2.61. The van der Waals surface area contributed by atoms with Crippen LogP contribution in [0.3, 0.4) is 0 Å². The van der Waals surface area contributed by atoms with E-state index in [1.54, 1.807) is 0 Å². The molecule has 1 N–H and O–H groups in total. The maximum atomic E-state index is 12.5. The van der Waals surface area contributed by atoms with E-state index in [1.807, 2.05) is 6.92 Å². The second kappa shape index (κ2) is 4.67. The zero-order valence-corrected chi connectivity index (χ0v) is 10.8. The molecule has 4 heteroatoms. The van der Waals surface area contributed by atoms with Crippen LogP contribution < -0.4 is 5.32 Å². The lowest BCUT2D eigenvalue weighted by molar-refractivity contribution is -0.143. The molecule has 0 aromatic heterocycles. The van der Waals surface area contributed by atoms with Crippen LogP contribution in [0.5, 0.6) is 0 Å². The first kappa shape index (κ1) is 12.4. The number of hydrogen-bond donors (Lipinski definition) is 1. The van der Waals surface area contributed by atoms with Crippen LogP contribution in [0.4, 0.5) is 4.79 Å². The van der Waals surface area contributed by atoms with E-state index in [4.69, 9.17) is 0 Å². The molecular formula is C13H22N2O2. The van der Waals surface area contributed by atoms with Gasteiger partial charge < -0.3 is 5.32 Å². The number of imide groups is 1. The molecular weight excluding hydrogens is 216 g/mol. The smallest absolute Gasteiger partial charge is 0.324 e. The van der Waals surface area contributed by atoms with Crippen LogP contribution in [-0.2, 0) is 4.79 Å². The Morgan fingerprint density at radius 3 is 2.59 bits per heavy atom. The number of nitrogens with one attached hydrogen (secondary N) is 1. The van der Waals surface area contributed by atoms with Crippen LogP contribution in [0.2, 0.25) is 0 Å². The molecule has 1 saturated carbocycles. The number of nitrogens with zero attached hydrogens (tertiary/aromatic N) is 1. The Bertz CT molecular complexity index is 319. The first-order valence-electron chi connectivity index (χ1n) is 6.69. The number of carbonyl (C=O) groups excluding carboxylic acids is 2. The molecule has 1 spiro atoms. The Hall–Kier alpha value is -1.06. The Morgan fingerprint density at radius 1 is 1.35 bits per heavy atom. The highest BCUT2D eigenvalue weighted by molar-refractivity contribution is 6.00. The van der Waals surface area contributed by atoms with E-state index < -0.39 is 0 Å². The summed E-state index contributed by atoms with van der Waals surface area (Å²) in [5.74, 6) is 0.778. The van der Waals surface area contributed by atoms with Gasteiger partial charge in [0.25, 0.3) is 0 Å². The molecule has 0 aromatic carbocycles. The lowest BCUT2D eigenvalue weighted by atomic mass is 9.69. The molecule has 1 saturated heterocycles. The van der Waals surface area contributed by atoms with Crippen molar-refractivity contribution < 1.29 is 9.59 Å². The normalized spacial score (nSPS) is 34.0. The van der Waals surface area contributed by atoms with Crippen molar-refractivity contribution in [1.82, 2.24) is 10.2 Å². The van der Waals surface area contributed by atoms with E-state index in [0.29, 0.717) is 19.0 Å². The van der Waals surface area contributed by atoms with Crippen LogP contribution >= 0.6 is 0 Å². The minimum absolute atomic E-state index is 0.0648. The van der Waals surface area contributed by atoms with Gasteiger partial charge >= 0.3 is 6.03 Å². The van der Waals surface area contributed by atoms with Gasteiger partial charge in [0.15, 0.2) is 0 Å². The molecule has 3 amide bonds. The standard InChI is InChI=1S/C13H22N2O2/c1-3-8-15-11(16)13(9-14-12(15)17)6-4-10(2)5-7-13/h10H,3-9H2,1-2H3,(H,14,17). The third-order valence-electron chi connectivity index (χ3n) is 4.20. The van der Waals surface area contributed by atoms with Crippen LogP contribution in [0.25, 0.3) is 0 Å². The van der Waals surface area contributed by atoms with Crippen molar-refractivity contribution in [2.24, 2.45) is 11.3 Å². The van der Waals surface area contributed by atoms with Gasteiger partial charge in [0.1, 0.15) is 0 Å². The number of hydrogen-bond acceptors (Lipinski definition) is 2. The van der Waals surface area contributed by atoms with Crippen molar-refractivity contribution in [3.8, 4) is 0 Å². The molecule has 2 fully saturated rings. The Balaban J connectivity index is 2.14. The third-order valence-corrected chi connectivity index (χ3v) is 4.20. The summed E-state index contributed by atoms with van der Waals surface area (Å²) in [6.07, 6.45) is 4.87. The van der Waals surface area contributed by atoms with Crippen LogP contribution in [0.1, 0.15) is 46.0 Å². The summed E-state index contributed by atoms with van der Waals surface area (Å²) in [5, 5.41) is 2.89. The fourth-order valence-corrected chi connectivity index (χ4v) is 2.93. The molecule has 2 rings (SSSR count). The van der Waals surface area contributed by atoms with E-state index in [1.165, 1.54) is 4.90 Å².